The summed E-state index contributed by atoms with van der Waals surface area (Å²) in [5.74, 6) is 1.05. The van der Waals surface area contributed by atoms with Gasteiger partial charge in [-0.15, -0.1) is 0 Å². The van der Waals surface area contributed by atoms with Crippen LogP contribution in [0.5, 0.6) is 0 Å². The minimum atomic E-state index is 0.255. The highest BCUT2D eigenvalue weighted by Crippen LogP contribution is 2.10. The summed E-state index contributed by atoms with van der Waals surface area (Å²) >= 11 is 1.82. The number of thioether (sulfide) groups is 1. The Balaban J connectivity index is 2.49. The highest BCUT2D eigenvalue weighted by Gasteiger charge is 2.06. The summed E-state index contributed by atoms with van der Waals surface area (Å²) in [5.41, 5.74) is 4.00. The second-order valence-electron chi connectivity index (χ2n) is 4.46. The smallest absolute Gasteiger partial charge is 0.0446 e. The van der Waals surface area contributed by atoms with Gasteiger partial charge in [0, 0.05) is 24.9 Å². The van der Waals surface area contributed by atoms with Gasteiger partial charge in [-0.05, 0) is 43.2 Å². The Kier molecular flexibility index (Phi) is 6.63. The third kappa shape index (κ3) is 5.11. The molecule has 0 aliphatic carbocycles. The molecule has 0 aromatic heterocycles. The number of aliphatic hydroxyl groups excluding tert-OH is 1. The lowest BCUT2D eigenvalue weighted by molar-refractivity contribution is 0.270. The summed E-state index contributed by atoms with van der Waals surface area (Å²) in [4.78, 5) is 0. The molecule has 0 radical (unpaired) electrons. The molecule has 1 aromatic rings. The van der Waals surface area contributed by atoms with Gasteiger partial charge in [0.1, 0.15) is 0 Å². The Morgan fingerprint density at radius 1 is 1.29 bits per heavy atom. The van der Waals surface area contributed by atoms with Crippen LogP contribution in [0, 0.1) is 13.8 Å². The van der Waals surface area contributed by atoms with Crippen molar-refractivity contribution in [2.45, 2.75) is 32.9 Å². The van der Waals surface area contributed by atoms with Gasteiger partial charge in [-0.2, -0.15) is 11.8 Å². The van der Waals surface area contributed by atoms with Crippen LogP contribution in [0.15, 0.2) is 18.2 Å². The predicted molar refractivity (Wildman–Crippen MR) is 76.6 cm³/mol. The lowest BCUT2D eigenvalue weighted by atomic mass is 10.1. The van der Waals surface area contributed by atoms with Crippen LogP contribution < -0.4 is 5.32 Å². The molecule has 0 fully saturated rings. The third-order valence-electron chi connectivity index (χ3n) is 3.01. The first-order valence-electron chi connectivity index (χ1n) is 6.06. The van der Waals surface area contributed by atoms with Crippen LogP contribution in [0.1, 0.15) is 23.1 Å². The van der Waals surface area contributed by atoms with Crippen molar-refractivity contribution in [1.82, 2.24) is 5.32 Å². The summed E-state index contributed by atoms with van der Waals surface area (Å²) in [6.07, 6.45) is 2.92. The first-order valence-corrected chi connectivity index (χ1v) is 7.46. The maximum atomic E-state index is 8.99. The monoisotopic (exact) mass is 253 g/mol. The second kappa shape index (κ2) is 7.75. The van der Waals surface area contributed by atoms with Crippen LogP contribution in [-0.4, -0.2) is 29.8 Å². The Labute approximate surface area is 109 Å². The van der Waals surface area contributed by atoms with Gasteiger partial charge in [-0.1, -0.05) is 18.2 Å². The SMILES string of the molecule is CSCC(CCO)NCc1ccc(C)c(C)c1. The Bertz CT molecular complexity index is 335. The molecule has 1 atom stereocenters. The van der Waals surface area contributed by atoms with Crippen LogP contribution >= 0.6 is 11.8 Å². The average molecular weight is 253 g/mol. The number of nitrogens with one attached hydrogen (secondary N) is 1. The molecule has 1 rings (SSSR count). The normalized spacial score (nSPS) is 12.7. The molecule has 1 unspecified atom stereocenters. The first-order chi connectivity index (χ1) is 8.17. The molecule has 0 saturated carbocycles. The van der Waals surface area contributed by atoms with Crippen LogP contribution in [0.3, 0.4) is 0 Å². The van der Waals surface area contributed by atoms with Crippen LogP contribution in [-0.2, 0) is 6.54 Å². The summed E-state index contributed by atoms with van der Waals surface area (Å²) < 4.78 is 0. The molecule has 0 bridgehead atoms. The van der Waals surface area contributed by atoms with Crippen molar-refractivity contribution in [2.75, 3.05) is 18.6 Å². The van der Waals surface area contributed by atoms with E-state index in [1.807, 2.05) is 11.8 Å². The van der Waals surface area contributed by atoms with Gasteiger partial charge in [0.15, 0.2) is 0 Å². The number of hydrogen-bond acceptors (Lipinski definition) is 3. The van der Waals surface area contributed by atoms with Crippen molar-refractivity contribution in [3.63, 3.8) is 0 Å². The molecule has 0 aliphatic rings. The van der Waals surface area contributed by atoms with Crippen molar-refractivity contribution in [1.29, 1.82) is 0 Å². The molecule has 96 valence electrons. The average Bonchev–Trinajstić information content (AvgIpc) is 2.31. The topological polar surface area (TPSA) is 32.3 Å². The molecule has 0 saturated heterocycles. The van der Waals surface area contributed by atoms with Gasteiger partial charge in [-0.25, -0.2) is 0 Å². The van der Waals surface area contributed by atoms with E-state index in [4.69, 9.17) is 5.11 Å². The molecule has 3 heteroatoms. The lowest BCUT2D eigenvalue weighted by Crippen LogP contribution is -2.31. The molecular formula is C14H23NOS. The van der Waals surface area contributed by atoms with Crippen LogP contribution in [0.25, 0.3) is 0 Å². The van der Waals surface area contributed by atoms with E-state index >= 15 is 0 Å². The number of benzene rings is 1. The highest BCUT2D eigenvalue weighted by molar-refractivity contribution is 7.98. The molecule has 0 spiro atoms. The van der Waals surface area contributed by atoms with E-state index in [0.29, 0.717) is 6.04 Å². The molecule has 1 aromatic carbocycles. The molecule has 0 amide bonds. The van der Waals surface area contributed by atoms with E-state index < -0.39 is 0 Å². The summed E-state index contributed by atoms with van der Waals surface area (Å²) in [5, 5.41) is 12.5. The minimum absolute atomic E-state index is 0.255. The maximum absolute atomic E-state index is 8.99. The fourth-order valence-electron chi connectivity index (χ4n) is 1.78. The van der Waals surface area contributed by atoms with Crippen LogP contribution in [0.2, 0.25) is 0 Å². The number of aryl methyl sites for hydroxylation is 2. The third-order valence-corrected chi connectivity index (χ3v) is 3.75. The molecule has 2 nitrogen and oxygen atoms in total. The molecule has 2 N–H and O–H groups in total. The van der Waals surface area contributed by atoms with E-state index in [-0.39, 0.29) is 6.61 Å². The van der Waals surface area contributed by atoms with Gasteiger partial charge in [0.2, 0.25) is 0 Å². The Morgan fingerprint density at radius 3 is 2.65 bits per heavy atom. The minimum Gasteiger partial charge on any atom is -0.396 e. The Morgan fingerprint density at radius 2 is 2.06 bits per heavy atom. The Hall–Kier alpha value is -0.510. The standard InChI is InChI=1S/C14H23NOS/c1-11-4-5-13(8-12(11)2)9-15-14(6-7-16)10-17-3/h4-5,8,14-16H,6-7,9-10H2,1-3H3. The van der Waals surface area contributed by atoms with E-state index in [2.05, 4.69) is 43.6 Å². The van der Waals surface area contributed by atoms with Crippen molar-refractivity contribution in [3.8, 4) is 0 Å². The number of hydrogen-bond donors (Lipinski definition) is 2. The van der Waals surface area contributed by atoms with Crippen molar-refractivity contribution in [2.24, 2.45) is 0 Å². The summed E-state index contributed by atoms with van der Waals surface area (Å²) in [7, 11) is 0. The van der Waals surface area contributed by atoms with Gasteiger partial charge >= 0.3 is 0 Å². The molecule has 0 heterocycles. The largest absolute Gasteiger partial charge is 0.396 e. The second-order valence-corrected chi connectivity index (χ2v) is 5.37. The molecular weight excluding hydrogens is 230 g/mol. The summed E-state index contributed by atoms with van der Waals surface area (Å²) in [6, 6.07) is 6.97. The van der Waals surface area contributed by atoms with Gasteiger partial charge < -0.3 is 10.4 Å². The predicted octanol–water partition coefficient (Wildman–Crippen LogP) is 2.51. The van der Waals surface area contributed by atoms with E-state index in [1.54, 1.807) is 0 Å². The first kappa shape index (κ1) is 14.6. The maximum Gasteiger partial charge on any atom is 0.0446 e. The molecule has 0 aliphatic heterocycles. The fourth-order valence-corrected chi connectivity index (χ4v) is 2.46. The van der Waals surface area contributed by atoms with Crippen LogP contribution in [0.4, 0.5) is 0 Å². The van der Waals surface area contributed by atoms with E-state index in [0.717, 1.165) is 18.7 Å². The lowest BCUT2D eigenvalue weighted by Gasteiger charge is -2.17. The van der Waals surface area contributed by atoms with Crippen molar-refractivity contribution >= 4 is 11.8 Å². The van der Waals surface area contributed by atoms with Gasteiger partial charge in [-0.3, -0.25) is 0 Å². The van der Waals surface area contributed by atoms with Gasteiger partial charge in [0.25, 0.3) is 0 Å². The zero-order valence-electron chi connectivity index (χ0n) is 11.0. The number of aliphatic hydroxyl groups is 1. The van der Waals surface area contributed by atoms with Gasteiger partial charge in [0.05, 0.1) is 0 Å². The molecule has 17 heavy (non-hydrogen) atoms. The number of rotatable bonds is 7. The van der Waals surface area contributed by atoms with Crippen molar-refractivity contribution in [3.05, 3.63) is 34.9 Å². The zero-order chi connectivity index (χ0) is 12.7. The zero-order valence-corrected chi connectivity index (χ0v) is 11.8. The van der Waals surface area contributed by atoms with E-state index in [1.165, 1.54) is 16.7 Å². The highest BCUT2D eigenvalue weighted by atomic mass is 32.2. The quantitative estimate of drug-likeness (QED) is 0.783. The van der Waals surface area contributed by atoms with Crippen molar-refractivity contribution < 1.29 is 5.11 Å². The fraction of sp³-hybridized carbons (Fsp3) is 0.571. The van der Waals surface area contributed by atoms with E-state index in [9.17, 15) is 0 Å². The summed E-state index contributed by atoms with van der Waals surface area (Å²) in [6.45, 7) is 5.41.